The van der Waals surface area contributed by atoms with Crippen LogP contribution in [0, 0.1) is 6.92 Å². The van der Waals surface area contributed by atoms with E-state index in [1.54, 1.807) is 19.1 Å². The lowest BCUT2D eigenvalue weighted by molar-refractivity contribution is -0.173. The highest BCUT2D eigenvalue weighted by Crippen LogP contribution is 2.54. The number of epoxide rings is 1. The molecule has 9 rings (SSSR count). The van der Waals surface area contributed by atoms with Crippen molar-refractivity contribution in [3.63, 3.8) is 0 Å². The van der Waals surface area contributed by atoms with Crippen molar-refractivity contribution >= 4 is 34.3 Å². The molecule has 1 spiro atoms. The molecule has 8 heterocycles. The number of anilines is 2. The van der Waals surface area contributed by atoms with Crippen LogP contribution in [0.1, 0.15) is 68.0 Å². The Morgan fingerprint density at radius 1 is 1.06 bits per heavy atom. The third kappa shape index (κ3) is 5.70. The van der Waals surface area contributed by atoms with Crippen molar-refractivity contribution in [2.24, 2.45) is 4.99 Å². The number of nitrogens with two attached hydrogens (primary N) is 2. The van der Waals surface area contributed by atoms with E-state index < -0.39 is 29.2 Å². The zero-order valence-corrected chi connectivity index (χ0v) is 29.7. The summed E-state index contributed by atoms with van der Waals surface area (Å²) in [5.41, 5.74) is 16.4. The molecule has 0 saturated carbocycles. The first-order valence-electron chi connectivity index (χ1n) is 18.0. The van der Waals surface area contributed by atoms with Gasteiger partial charge in [-0.25, -0.2) is 14.8 Å². The number of nitrogen functional groups attached to an aromatic ring is 2. The van der Waals surface area contributed by atoms with E-state index >= 15 is 0 Å². The Bertz CT molecular complexity index is 2380. The fraction of sp³-hybridized carbons (Fsp3) is 0.375. The van der Waals surface area contributed by atoms with E-state index in [0.717, 1.165) is 34.7 Å². The van der Waals surface area contributed by atoms with Crippen LogP contribution in [0.2, 0.25) is 0 Å². The van der Waals surface area contributed by atoms with Gasteiger partial charge in [-0.05, 0) is 88.8 Å². The van der Waals surface area contributed by atoms with Gasteiger partial charge in [-0.15, -0.1) is 0 Å². The number of allylic oxidation sites excluding steroid dienone is 1. The third-order valence-electron chi connectivity index (χ3n) is 11.0. The summed E-state index contributed by atoms with van der Waals surface area (Å²) in [5.74, 6) is 0.600. The summed E-state index contributed by atoms with van der Waals surface area (Å²) in [5, 5.41) is 11.5. The number of esters is 1. The molecule has 4 aromatic rings. The lowest BCUT2D eigenvalue weighted by Crippen LogP contribution is -2.53. The summed E-state index contributed by atoms with van der Waals surface area (Å²) < 4.78 is 24.6. The van der Waals surface area contributed by atoms with Gasteiger partial charge in [-0.1, -0.05) is 0 Å². The van der Waals surface area contributed by atoms with Crippen molar-refractivity contribution in [2.75, 3.05) is 18.0 Å². The summed E-state index contributed by atoms with van der Waals surface area (Å²) in [6, 6.07) is 10.6. The molecule has 2 saturated heterocycles. The van der Waals surface area contributed by atoms with E-state index in [1.807, 2.05) is 44.3 Å². The molecule has 53 heavy (non-hydrogen) atoms. The molecule has 4 atom stereocenters. The largest absolute Gasteiger partial charge is 0.507 e. The zero-order valence-electron chi connectivity index (χ0n) is 29.7. The number of phenolic OH excluding ortho intramolecular Hbond substituents is 1. The first-order valence-corrected chi connectivity index (χ1v) is 18.0. The van der Waals surface area contributed by atoms with Crippen LogP contribution in [0.15, 0.2) is 74.7 Å². The maximum Gasteiger partial charge on any atom is 0.341 e. The van der Waals surface area contributed by atoms with Gasteiger partial charge >= 0.3 is 5.97 Å². The standard InChI is InChI=1S/C40H40N6O7/c1-20-11-28(47)35-29(50-20)16-30-34(36(35)48)25-5-4-9-40(38(49)51-37(25)39(2,3)52-30)31(53-40)7-6-21-12-26(45-32(41)13-21)23-14-24(44-33(42)15-23)18-46-17-22-8-10-43-27(22)19-46/h8,10-17,25,31,37,48H,4-7,9,18-19H2,1-3H3,(H2,41,45)(H2,42,44). The minimum absolute atomic E-state index is 0.0927. The van der Waals surface area contributed by atoms with Crippen LogP contribution in [0.25, 0.3) is 22.2 Å². The van der Waals surface area contributed by atoms with E-state index in [-0.39, 0.29) is 28.3 Å². The second kappa shape index (κ2) is 11.9. The normalized spacial score (nSPS) is 25.2. The van der Waals surface area contributed by atoms with Crippen LogP contribution in [-0.4, -0.2) is 61.6 Å². The number of rotatable bonds is 6. The number of carbonyl (C=O) groups excluding carboxylic acids is 1. The lowest BCUT2D eigenvalue weighted by atomic mass is 9.76. The maximum atomic E-state index is 14.0. The van der Waals surface area contributed by atoms with Crippen LogP contribution in [0.5, 0.6) is 11.5 Å². The predicted molar refractivity (Wildman–Crippen MR) is 197 cm³/mol. The summed E-state index contributed by atoms with van der Waals surface area (Å²) in [7, 11) is 0. The molecule has 3 aromatic heterocycles. The Balaban J connectivity index is 0.910. The second-order valence-electron chi connectivity index (χ2n) is 15.2. The average molecular weight is 717 g/mol. The van der Waals surface area contributed by atoms with Gasteiger partial charge in [0, 0.05) is 47.2 Å². The highest BCUT2D eigenvalue weighted by Gasteiger charge is 2.65. The van der Waals surface area contributed by atoms with Crippen molar-refractivity contribution in [1.82, 2.24) is 14.9 Å². The molecule has 5 aliphatic rings. The van der Waals surface area contributed by atoms with E-state index in [9.17, 15) is 14.7 Å². The highest BCUT2D eigenvalue weighted by atomic mass is 16.7. The lowest BCUT2D eigenvalue weighted by Gasteiger charge is -2.45. The summed E-state index contributed by atoms with van der Waals surface area (Å²) in [4.78, 5) is 42.6. The van der Waals surface area contributed by atoms with Gasteiger partial charge in [0.25, 0.3) is 0 Å². The number of aryl methyl sites for hydroxylation is 2. The molecule has 0 aliphatic carbocycles. The molecule has 0 radical (unpaired) electrons. The number of pyridine rings is 2. The fourth-order valence-corrected chi connectivity index (χ4v) is 8.58. The number of fused-ring (bicyclic) bond motifs is 5. The van der Waals surface area contributed by atoms with Crippen molar-refractivity contribution < 1.29 is 28.5 Å². The Labute approximate surface area is 305 Å². The second-order valence-corrected chi connectivity index (χ2v) is 15.2. The summed E-state index contributed by atoms with van der Waals surface area (Å²) in [6.45, 7) is 6.70. The van der Waals surface area contributed by atoms with Crippen molar-refractivity contribution in [3.8, 4) is 22.8 Å². The quantitative estimate of drug-likeness (QED) is 0.174. The van der Waals surface area contributed by atoms with Gasteiger partial charge in [0.05, 0.1) is 36.3 Å². The van der Waals surface area contributed by atoms with E-state index in [4.69, 9.17) is 30.1 Å². The van der Waals surface area contributed by atoms with Crippen molar-refractivity contribution in [2.45, 2.75) is 88.7 Å². The molecular weight excluding hydrogens is 676 g/mol. The van der Waals surface area contributed by atoms with Crippen LogP contribution >= 0.6 is 0 Å². The van der Waals surface area contributed by atoms with Crippen LogP contribution in [0.4, 0.5) is 11.6 Å². The molecule has 1 aromatic carbocycles. The molecule has 4 unspecified atom stereocenters. The number of phenols is 1. The van der Waals surface area contributed by atoms with Gasteiger partial charge in [0.2, 0.25) is 0 Å². The van der Waals surface area contributed by atoms with E-state index in [2.05, 4.69) is 26.1 Å². The monoisotopic (exact) mass is 716 g/mol. The number of carbonyl (C=O) groups is 1. The number of hydrogen-bond acceptors (Lipinski definition) is 13. The van der Waals surface area contributed by atoms with Gasteiger partial charge in [-0.3, -0.25) is 9.79 Å². The number of aromatic hydroxyl groups is 1. The first-order chi connectivity index (χ1) is 25.4. The maximum absolute atomic E-state index is 14.0. The SMILES string of the molecule is Cc1cc(=O)c2c(O)c3c(cc2o1)OC(C)(C)C1OC(=O)C2(CCCC31)OC2CCc1cc(N)nc(-c2cc(N)nc(CN3C=C4C=CN=C4C3)c2)c1. The number of aliphatic imine (C=N–C) groups is 1. The molecule has 5 aliphatic heterocycles. The molecule has 0 bridgehead atoms. The number of aromatic nitrogens is 2. The highest BCUT2D eigenvalue weighted by molar-refractivity contribution is 6.07. The fourth-order valence-electron chi connectivity index (χ4n) is 8.58. The van der Waals surface area contributed by atoms with Crippen molar-refractivity contribution in [3.05, 3.63) is 93.3 Å². The summed E-state index contributed by atoms with van der Waals surface area (Å²) in [6.07, 6.45) is 7.70. The average Bonchev–Trinajstić information content (AvgIpc) is 3.40. The summed E-state index contributed by atoms with van der Waals surface area (Å²) >= 11 is 0. The minimum Gasteiger partial charge on any atom is -0.507 e. The van der Waals surface area contributed by atoms with Crippen molar-refractivity contribution in [1.29, 1.82) is 0 Å². The zero-order chi connectivity index (χ0) is 36.8. The topological polar surface area (TPSA) is 192 Å². The first kappa shape index (κ1) is 33.2. The van der Waals surface area contributed by atoms with E-state index in [0.29, 0.717) is 73.1 Å². The van der Waals surface area contributed by atoms with Crippen LogP contribution < -0.4 is 21.6 Å². The van der Waals surface area contributed by atoms with Gasteiger partial charge < -0.3 is 40.1 Å². The predicted octanol–water partition coefficient (Wildman–Crippen LogP) is 5.22. The van der Waals surface area contributed by atoms with Gasteiger partial charge in [-0.2, -0.15) is 0 Å². The molecule has 5 N–H and O–H groups in total. The number of benzene rings is 1. The van der Waals surface area contributed by atoms with Gasteiger partial charge in [0.1, 0.15) is 51.6 Å². The van der Waals surface area contributed by atoms with Crippen LogP contribution in [0.3, 0.4) is 0 Å². The Morgan fingerprint density at radius 2 is 1.89 bits per heavy atom. The Morgan fingerprint density at radius 3 is 2.72 bits per heavy atom. The van der Waals surface area contributed by atoms with Crippen LogP contribution in [-0.2, 0) is 27.2 Å². The smallest absolute Gasteiger partial charge is 0.341 e. The molecular formula is C40H40N6O7. The Kier molecular flexibility index (Phi) is 7.46. The molecule has 0 amide bonds. The molecule has 13 nitrogen and oxygen atoms in total. The number of nitrogens with zero attached hydrogens (tertiary/aromatic N) is 4. The van der Waals surface area contributed by atoms with Gasteiger partial charge in [0.15, 0.2) is 11.0 Å². The number of ether oxygens (including phenoxy) is 3. The van der Waals surface area contributed by atoms with E-state index in [1.165, 1.54) is 6.07 Å². The third-order valence-corrected chi connectivity index (χ3v) is 11.0. The Hall–Kier alpha value is -5.69. The molecule has 2 fully saturated rings. The molecule has 13 heteroatoms. The molecule has 272 valence electrons. The number of hydrogen-bond donors (Lipinski definition) is 3. The minimum atomic E-state index is -1.06.